The largest absolute Gasteiger partial charge is 0.493 e. The van der Waals surface area contributed by atoms with Crippen LogP contribution in [0.5, 0.6) is 17.2 Å². The summed E-state index contributed by atoms with van der Waals surface area (Å²) < 4.78 is 16.9. The van der Waals surface area contributed by atoms with Crippen molar-refractivity contribution in [1.82, 2.24) is 5.32 Å². The van der Waals surface area contributed by atoms with Crippen LogP contribution < -0.4 is 19.5 Å². The van der Waals surface area contributed by atoms with Gasteiger partial charge in [0.25, 0.3) is 0 Å². The summed E-state index contributed by atoms with van der Waals surface area (Å²) in [5, 5.41) is 13.2. The highest BCUT2D eigenvalue weighted by Crippen LogP contribution is 2.34. The lowest BCUT2D eigenvalue weighted by Gasteiger charge is -2.16. The molecule has 0 spiro atoms. The highest BCUT2D eigenvalue weighted by molar-refractivity contribution is 7.98. The summed E-state index contributed by atoms with van der Waals surface area (Å²) in [6.45, 7) is 5.84. The molecule has 0 aliphatic heterocycles. The van der Waals surface area contributed by atoms with E-state index in [1.165, 1.54) is 4.90 Å². The third-order valence-corrected chi connectivity index (χ3v) is 5.00. The Labute approximate surface area is 166 Å². The van der Waals surface area contributed by atoms with Gasteiger partial charge in [-0.1, -0.05) is 18.2 Å². The van der Waals surface area contributed by atoms with Crippen LogP contribution in [-0.2, 0) is 0 Å². The van der Waals surface area contributed by atoms with Gasteiger partial charge in [0.1, 0.15) is 25.1 Å². The zero-order valence-electron chi connectivity index (χ0n) is 16.5. The van der Waals surface area contributed by atoms with Gasteiger partial charge in [-0.15, -0.1) is 11.8 Å². The molecule has 2 aromatic carbocycles. The summed E-state index contributed by atoms with van der Waals surface area (Å²) in [5.74, 6) is 2.27. The molecule has 0 aliphatic carbocycles. The van der Waals surface area contributed by atoms with Crippen molar-refractivity contribution < 1.29 is 19.3 Å². The van der Waals surface area contributed by atoms with Gasteiger partial charge in [0.15, 0.2) is 11.5 Å². The van der Waals surface area contributed by atoms with Crippen LogP contribution in [0.3, 0.4) is 0 Å². The van der Waals surface area contributed by atoms with E-state index < -0.39 is 6.10 Å². The molecule has 5 nitrogen and oxygen atoms in total. The summed E-state index contributed by atoms with van der Waals surface area (Å²) in [4.78, 5) is 1.18. The van der Waals surface area contributed by atoms with Crippen molar-refractivity contribution in [1.29, 1.82) is 0 Å². The first-order chi connectivity index (χ1) is 13.0. The second-order valence-electron chi connectivity index (χ2n) is 6.26. The summed E-state index contributed by atoms with van der Waals surface area (Å²) in [6.07, 6.45) is 1.46. The Balaban J connectivity index is 1.70. The lowest BCUT2D eigenvalue weighted by atomic mass is 10.2. The van der Waals surface area contributed by atoms with E-state index in [9.17, 15) is 5.11 Å². The van der Waals surface area contributed by atoms with E-state index in [1.807, 2.05) is 49.6 Å². The van der Waals surface area contributed by atoms with Crippen LogP contribution in [0.15, 0.2) is 41.3 Å². The Morgan fingerprint density at radius 1 is 1.04 bits per heavy atom. The molecule has 148 valence electrons. The first-order valence-corrected chi connectivity index (χ1v) is 10.2. The highest BCUT2D eigenvalue weighted by Gasteiger charge is 2.09. The second-order valence-corrected chi connectivity index (χ2v) is 7.10. The fraction of sp³-hybridized carbons (Fsp3) is 0.429. The van der Waals surface area contributed by atoms with Gasteiger partial charge < -0.3 is 24.6 Å². The van der Waals surface area contributed by atoms with E-state index in [0.717, 1.165) is 28.4 Å². The molecule has 2 N–H and O–H groups in total. The van der Waals surface area contributed by atoms with Crippen molar-refractivity contribution in [3.63, 3.8) is 0 Å². The van der Waals surface area contributed by atoms with Crippen molar-refractivity contribution >= 4 is 11.8 Å². The number of aliphatic hydroxyl groups excluding tert-OH is 1. The van der Waals surface area contributed by atoms with Gasteiger partial charge in [-0.25, -0.2) is 0 Å². The SMILES string of the molecule is COc1cc(SC)c(C)cc1OCCNCC(O)COc1ccccc1C. The minimum atomic E-state index is -0.581. The van der Waals surface area contributed by atoms with Crippen LogP contribution in [0.4, 0.5) is 0 Å². The first-order valence-electron chi connectivity index (χ1n) is 8.97. The molecule has 27 heavy (non-hydrogen) atoms. The number of ether oxygens (including phenoxy) is 3. The molecule has 0 fully saturated rings. The summed E-state index contributed by atoms with van der Waals surface area (Å²) >= 11 is 1.69. The average Bonchev–Trinajstić information content (AvgIpc) is 2.67. The van der Waals surface area contributed by atoms with Crippen molar-refractivity contribution in [2.75, 3.05) is 39.7 Å². The number of methoxy groups -OCH3 is 1. The van der Waals surface area contributed by atoms with E-state index in [0.29, 0.717) is 19.7 Å². The maximum Gasteiger partial charge on any atom is 0.161 e. The molecule has 6 heteroatoms. The topological polar surface area (TPSA) is 60.0 Å². The quantitative estimate of drug-likeness (QED) is 0.452. The Morgan fingerprint density at radius 3 is 2.52 bits per heavy atom. The Bertz CT molecular complexity index is 723. The number of aliphatic hydroxyl groups is 1. The normalized spacial score (nSPS) is 11.9. The molecule has 0 aromatic heterocycles. The molecule has 1 unspecified atom stereocenters. The van der Waals surface area contributed by atoms with E-state index >= 15 is 0 Å². The number of aryl methyl sites for hydroxylation is 2. The molecular formula is C21H29NO4S. The number of hydrogen-bond donors (Lipinski definition) is 2. The van der Waals surface area contributed by atoms with Crippen LogP contribution >= 0.6 is 11.8 Å². The van der Waals surface area contributed by atoms with Crippen LogP contribution in [-0.4, -0.2) is 50.9 Å². The fourth-order valence-electron chi connectivity index (χ4n) is 2.60. The average molecular weight is 392 g/mol. The van der Waals surface area contributed by atoms with Crippen molar-refractivity contribution in [3.05, 3.63) is 47.5 Å². The van der Waals surface area contributed by atoms with E-state index in [4.69, 9.17) is 14.2 Å². The Morgan fingerprint density at radius 2 is 1.81 bits per heavy atom. The molecule has 0 radical (unpaired) electrons. The molecular weight excluding hydrogens is 362 g/mol. The van der Waals surface area contributed by atoms with Crippen molar-refractivity contribution in [2.24, 2.45) is 0 Å². The monoisotopic (exact) mass is 391 g/mol. The minimum Gasteiger partial charge on any atom is -0.493 e. The molecule has 2 rings (SSSR count). The third kappa shape index (κ3) is 6.65. The maximum atomic E-state index is 10.0. The van der Waals surface area contributed by atoms with Crippen LogP contribution in [0, 0.1) is 13.8 Å². The van der Waals surface area contributed by atoms with Crippen LogP contribution in [0.2, 0.25) is 0 Å². The predicted molar refractivity (Wildman–Crippen MR) is 111 cm³/mol. The van der Waals surface area contributed by atoms with Gasteiger partial charge in [0.2, 0.25) is 0 Å². The van der Waals surface area contributed by atoms with Crippen molar-refractivity contribution in [2.45, 2.75) is 24.8 Å². The van der Waals surface area contributed by atoms with E-state index in [2.05, 4.69) is 12.2 Å². The van der Waals surface area contributed by atoms with Gasteiger partial charge in [0.05, 0.1) is 7.11 Å². The molecule has 2 aromatic rings. The molecule has 0 heterocycles. The van der Waals surface area contributed by atoms with Crippen molar-refractivity contribution in [3.8, 4) is 17.2 Å². The zero-order valence-corrected chi connectivity index (χ0v) is 17.3. The molecule has 0 saturated heterocycles. The third-order valence-electron chi connectivity index (χ3n) is 4.12. The van der Waals surface area contributed by atoms with Gasteiger partial charge in [-0.2, -0.15) is 0 Å². The van der Waals surface area contributed by atoms with Gasteiger partial charge in [-0.3, -0.25) is 0 Å². The second kappa shape index (κ2) is 11.1. The molecule has 1 atom stereocenters. The Hall–Kier alpha value is -1.89. The number of hydrogen-bond acceptors (Lipinski definition) is 6. The number of benzene rings is 2. The summed E-state index contributed by atoms with van der Waals surface area (Å²) in [7, 11) is 1.64. The fourth-order valence-corrected chi connectivity index (χ4v) is 3.21. The number of rotatable bonds is 11. The number of thioether (sulfide) groups is 1. The van der Waals surface area contributed by atoms with E-state index in [-0.39, 0.29) is 6.61 Å². The standard InChI is InChI=1S/C21H29NO4S/c1-15-7-5-6-8-18(15)26-14-17(23)13-22-9-10-25-20-11-16(2)21(27-4)12-19(20)24-3/h5-8,11-12,17,22-23H,9-10,13-14H2,1-4H3. The summed E-state index contributed by atoms with van der Waals surface area (Å²) in [5.41, 5.74) is 2.22. The number of nitrogens with one attached hydrogen (secondary N) is 1. The smallest absolute Gasteiger partial charge is 0.161 e. The summed E-state index contributed by atoms with van der Waals surface area (Å²) in [6, 6.07) is 11.8. The number of para-hydroxylation sites is 1. The zero-order chi connectivity index (χ0) is 19.6. The van der Waals surface area contributed by atoms with Gasteiger partial charge >= 0.3 is 0 Å². The Kier molecular flexibility index (Phi) is 8.78. The van der Waals surface area contributed by atoms with Gasteiger partial charge in [0, 0.05) is 18.0 Å². The highest BCUT2D eigenvalue weighted by atomic mass is 32.2. The lowest BCUT2D eigenvalue weighted by Crippen LogP contribution is -2.33. The molecule has 0 bridgehead atoms. The first kappa shape index (κ1) is 21.4. The molecule has 0 amide bonds. The minimum absolute atomic E-state index is 0.252. The molecule has 0 aliphatic rings. The lowest BCUT2D eigenvalue weighted by molar-refractivity contribution is 0.105. The maximum absolute atomic E-state index is 10.0. The van der Waals surface area contributed by atoms with Crippen LogP contribution in [0.25, 0.3) is 0 Å². The van der Waals surface area contributed by atoms with Crippen LogP contribution in [0.1, 0.15) is 11.1 Å². The predicted octanol–water partition coefficient (Wildman–Crippen LogP) is 3.44. The molecule has 0 saturated carbocycles. The van der Waals surface area contributed by atoms with E-state index in [1.54, 1.807) is 18.9 Å². The van der Waals surface area contributed by atoms with Gasteiger partial charge in [-0.05, 0) is 49.4 Å².